The van der Waals surface area contributed by atoms with Crippen LogP contribution in [0, 0.1) is 6.92 Å². The van der Waals surface area contributed by atoms with Crippen LogP contribution in [-0.4, -0.2) is 4.98 Å². The molecule has 1 heterocycles. The molecule has 2 aromatic carbocycles. The summed E-state index contributed by atoms with van der Waals surface area (Å²) >= 11 is 0. The van der Waals surface area contributed by atoms with E-state index in [1.54, 1.807) is 12.1 Å². The average molecular weight is 254 g/mol. The van der Waals surface area contributed by atoms with Crippen LogP contribution in [0.3, 0.4) is 0 Å². The van der Waals surface area contributed by atoms with E-state index in [-0.39, 0.29) is 0 Å². The number of nitrogens with two attached hydrogens (primary N) is 1. The number of rotatable bonds is 3. The molecule has 0 aliphatic heterocycles. The topological polar surface area (TPSA) is 61.3 Å². The summed E-state index contributed by atoms with van der Waals surface area (Å²) in [7, 11) is 0. The van der Waals surface area contributed by atoms with Crippen molar-refractivity contribution < 1.29 is 9.15 Å². The van der Waals surface area contributed by atoms with Gasteiger partial charge in [0.15, 0.2) is 12.2 Å². The molecule has 0 spiro atoms. The Morgan fingerprint density at radius 2 is 1.95 bits per heavy atom. The third-order valence-electron chi connectivity index (χ3n) is 2.91. The molecule has 4 heteroatoms. The van der Waals surface area contributed by atoms with Crippen LogP contribution in [0.4, 0.5) is 5.69 Å². The molecular formula is C15H14N2O2. The van der Waals surface area contributed by atoms with Crippen LogP contribution in [0.15, 0.2) is 46.9 Å². The molecule has 3 rings (SSSR count). The van der Waals surface area contributed by atoms with Crippen LogP contribution < -0.4 is 10.5 Å². The van der Waals surface area contributed by atoms with E-state index in [9.17, 15) is 0 Å². The van der Waals surface area contributed by atoms with Crippen molar-refractivity contribution in [3.05, 3.63) is 53.9 Å². The molecule has 3 aromatic rings. The Kier molecular flexibility index (Phi) is 2.83. The second kappa shape index (κ2) is 4.65. The highest BCUT2D eigenvalue weighted by Gasteiger charge is 2.07. The molecule has 0 radical (unpaired) electrons. The Morgan fingerprint density at radius 1 is 1.16 bits per heavy atom. The zero-order chi connectivity index (χ0) is 13.2. The van der Waals surface area contributed by atoms with Crippen molar-refractivity contribution in [1.82, 2.24) is 4.98 Å². The van der Waals surface area contributed by atoms with Gasteiger partial charge < -0.3 is 14.9 Å². The normalized spacial score (nSPS) is 10.8. The lowest BCUT2D eigenvalue weighted by atomic mass is 10.2. The van der Waals surface area contributed by atoms with Crippen molar-refractivity contribution in [2.45, 2.75) is 13.5 Å². The standard InChI is InChI=1S/C15H14N2O2/c1-10-3-2-4-13-15(10)17-14(19-13)9-18-12-7-5-11(16)6-8-12/h2-8H,9,16H2,1H3. The van der Waals surface area contributed by atoms with Gasteiger partial charge >= 0.3 is 0 Å². The van der Waals surface area contributed by atoms with Gasteiger partial charge in [-0.1, -0.05) is 12.1 Å². The van der Waals surface area contributed by atoms with Crippen LogP contribution in [0.2, 0.25) is 0 Å². The van der Waals surface area contributed by atoms with Gasteiger partial charge in [0.25, 0.3) is 0 Å². The number of nitrogens with zero attached hydrogens (tertiary/aromatic N) is 1. The predicted octanol–water partition coefficient (Wildman–Crippen LogP) is 3.30. The summed E-state index contributed by atoms with van der Waals surface area (Å²) in [4.78, 5) is 4.43. The maximum Gasteiger partial charge on any atom is 0.233 e. The first-order chi connectivity index (χ1) is 9.22. The molecule has 1 aromatic heterocycles. The van der Waals surface area contributed by atoms with Gasteiger partial charge in [0, 0.05) is 5.69 Å². The van der Waals surface area contributed by atoms with Gasteiger partial charge in [-0.3, -0.25) is 0 Å². The number of aromatic nitrogens is 1. The van der Waals surface area contributed by atoms with Crippen LogP contribution >= 0.6 is 0 Å². The molecule has 4 nitrogen and oxygen atoms in total. The van der Waals surface area contributed by atoms with Crippen molar-refractivity contribution in [3.8, 4) is 5.75 Å². The second-order valence-corrected chi connectivity index (χ2v) is 4.39. The lowest BCUT2D eigenvalue weighted by Gasteiger charge is -2.02. The van der Waals surface area contributed by atoms with Crippen LogP contribution in [0.1, 0.15) is 11.5 Å². The zero-order valence-electron chi connectivity index (χ0n) is 10.6. The highest BCUT2D eigenvalue weighted by atomic mass is 16.5. The van der Waals surface area contributed by atoms with Gasteiger partial charge in [-0.15, -0.1) is 0 Å². The fourth-order valence-corrected chi connectivity index (χ4v) is 1.90. The van der Waals surface area contributed by atoms with Crippen LogP contribution in [0.25, 0.3) is 11.1 Å². The molecule has 0 amide bonds. The van der Waals surface area contributed by atoms with Crippen molar-refractivity contribution >= 4 is 16.8 Å². The summed E-state index contributed by atoms with van der Waals surface area (Å²) in [6, 6.07) is 13.1. The number of nitrogen functional groups attached to an aromatic ring is 1. The van der Waals surface area contributed by atoms with E-state index >= 15 is 0 Å². The first-order valence-electron chi connectivity index (χ1n) is 6.06. The molecule has 0 fully saturated rings. The first-order valence-corrected chi connectivity index (χ1v) is 6.06. The summed E-state index contributed by atoms with van der Waals surface area (Å²) < 4.78 is 11.2. The molecular weight excluding hydrogens is 240 g/mol. The molecule has 0 aliphatic carbocycles. The Hall–Kier alpha value is -2.49. The van der Waals surface area contributed by atoms with E-state index in [1.165, 1.54) is 0 Å². The minimum atomic E-state index is 0.304. The molecule has 19 heavy (non-hydrogen) atoms. The number of hydrogen-bond donors (Lipinski definition) is 1. The minimum absolute atomic E-state index is 0.304. The third-order valence-corrected chi connectivity index (χ3v) is 2.91. The SMILES string of the molecule is Cc1cccc2oc(COc3ccc(N)cc3)nc12. The number of para-hydroxylation sites is 1. The maximum absolute atomic E-state index is 5.63. The van der Waals surface area contributed by atoms with E-state index < -0.39 is 0 Å². The summed E-state index contributed by atoms with van der Waals surface area (Å²) in [5, 5.41) is 0. The molecule has 96 valence electrons. The average Bonchev–Trinajstić information content (AvgIpc) is 2.83. The van der Waals surface area contributed by atoms with Gasteiger partial charge in [-0.05, 0) is 42.8 Å². The summed E-state index contributed by atoms with van der Waals surface area (Å²) in [6.07, 6.45) is 0. The van der Waals surface area contributed by atoms with Crippen LogP contribution in [-0.2, 0) is 6.61 Å². The van der Waals surface area contributed by atoms with E-state index in [0.717, 1.165) is 22.4 Å². The molecule has 0 bridgehead atoms. The van der Waals surface area contributed by atoms with Gasteiger partial charge in [0.1, 0.15) is 11.3 Å². The Labute approximate surface area is 110 Å². The van der Waals surface area contributed by atoms with Crippen molar-refractivity contribution in [1.29, 1.82) is 0 Å². The highest BCUT2D eigenvalue weighted by molar-refractivity contribution is 5.76. The molecule has 0 atom stereocenters. The molecule has 0 aliphatic rings. The highest BCUT2D eigenvalue weighted by Crippen LogP contribution is 2.20. The lowest BCUT2D eigenvalue weighted by Crippen LogP contribution is -1.95. The summed E-state index contributed by atoms with van der Waals surface area (Å²) in [6.45, 7) is 2.31. The number of benzene rings is 2. The third kappa shape index (κ3) is 2.38. The minimum Gasteiger partial charge on any atom is -0.484 e. The predicted molar refractivity (Wildman–Crippen MR) is 73.9 cm³/mol. The number of hydrogen-bond acceptors (Lipinski definition) is 4. The van der Waals surface area contributed by atoms with Gasteiger partial charge in [0.2, 0.25) is 5.89 Å². The van der Waals surface area contributed by atoms with Crippen molar-refractivity contribution in [3.63, 3.8) is 0 Å². The van der Waals surface area contributed by atoms with E-state index in [0.29, 0.717) is 18.2 Å². The van der Waals surface area contributed by atoms with E-state index in [1.807, 2.05) is 37.3 Å². The largest absolute Gasteiger partial charge is 0.484 e. The van der Waals surface area contributed by atoms with Crippen LogP contribution in [0.5, 0.6) is 5.75 Å². The molecule has 2 N–H and O–H groups in total. The Morgan fingerprint density at radius 3 is 2.68 bits per heavy atom. The number of fused-ring (bicyclic) bond motifs is 1. The molecule has 0 saturated heterocycles. The van der Waals surface area contributed by atoms with Crippen molar-refractivity contribution in [2.75, 3.05) is 5.73 Å². The lowest BCUT2D eigenvalue weighted by molar-refractivity contribution is 0.267. The summed E-state index contributed by atoms with van der Waals surface area (Å²) in [5.41, 5.74) is 9.10. The molecule has 0 unspecified atom stereocenters. The van der Waals surface area contributed by atoms with E-state index in [2.05, 4.69) is 4.98 Å². The maximum atomic E-state index is 5.63. The number of aryl methyl sites for hydroxylation is 1. The number of oxazole rings is 1. The second-order valence-electron chi connectivity index (χ2n) is 4.39. The van der Waals surface area contributed by atoms with E-state index in [4.69, 9.17) is 14.9 Å². The fraction of sp³-hybridized carbons (Fsp3) is 0.133. The Bertz CT molecular complexity index is 702. The smallest absolute Gasteiger partial charge is 0.233 e. The summed E-state index contributed by atoms with van der Waals surface area (Å²) in [5.74, 6) is 1.31. The quantitative estimate of drug-likeness (QED) is 0.728. The monoisotopic (exact) mass is 254 g/mol. The van der Waals surface area contributed by atoms with Gasteiger partial charge in [0.05, 0.1) is 0 Å². The molecule has 0 saturated carbocycles. The van der Waals surface area contributed by atoms with Crippen molar-refractivity contribution in [2.24, 2.45) is 0 Å². The zero-order valence-corrected chi connectivity index (χ0v) is 10.6. The first kappa shape index (κ1) is 11.6. The fourth-order valence-electron chi connectivity index (χ4n) is 1.90. The van der Waals surface area contributed by atoms with Gasteiger partial charge in [-0.25, -0.2) is 4.98 Å². The number of ether oxygens (including phenoxy) is 1. The Balaban J connectivity index is 1.78. The van der Waals surface area contributed by atoms with Gasteiger partial charge in [-0.2, -0.15) is 0 Å². The number of anilines is 1.